The summed E-state index contributed by atoms with van der Waals surface area (Å²) in [4.78, 5) is 4.90. The fraction of sp³-hybridized carbons (Fsp3) is 0.191. The van der Waals surface area contributed by atoms with Gasteiger partial charge in [0.25, 0.3) is 0 Å². The van der Waals surface area contributed by atoms with Crippen molar-refractivity contribution < 1.29 is 21.1 Å². The van der Waals surface area contributed by atoms with Gasteiger partial charge >= 0.3 is 21.1 Å². The molecule has 262 valence electrons. The maximum absolute atomic E-state index is 5.09. The predicted octanol–water partition coefficient (Wildman–Crippen LogP) is 11.4. The van der Waals surface area contributed by atoms with Crippen molar-refractivity contribution in [2.24, 2.45) is 0 Å². The van der Waals surface area contributed by atoms with Crippen molar-refractivity contribution in [2.45, 2.75) is 58.3 Å². The molecule has 0 N–H and O–H groups in total. The van der Waals surface area contributed by atoms with E-state index in [2.05, 4.69) is 177 Å². The van der Waals surface area contributed by atoms with E-state index in [-0.39, 0.29) is 31.9 Å². The van der Waals surface area contributed by atoms with Crippen molar-refractivity contribution >= 4 is 43.6 Å². The summed E-state index contributed by atoms with van der Waals surface area (Å²) < 4.78 is 6.76. The second kappa shape index (κ2) is 11.9. The van der Waals surface area contributed by atoms with Crippen molar-refractivity contribution in [3.63, 3.8) is 0 Å². The molecule has 0 aliphatic carbocycles. The molecule has 4 aromatic heterocycles. The van der Waals surface area contributed by atoms with Crippen molar-refractivity contribution in [3.05, 3.63) is 151 Å². The zero-order valence-electron chi connectivity index (χ0n) is 30.7. The fourth-order valence-electron chi connectivity index (χ4n) is 8.57. The van der Waals surface area contributed by atoms with Crippen LogP contribution in [0.5, 0.6) is 0 Å². The van der Waals surface area contributed by atoms with Crippen LogP contribution < -0.4 is 0 Å². The van der Waals surface area contributed by atoms with Crippen LogP contribution in [0.25, 0.3) is 71.9 Å². The molecule has 1 aliphatic rings. The summed E-state index contributed by atoms with van der Waals surface area (Å²) in [7, 11) is 0. The van der Waals surface area contributed by atoms with Crippen LogP contribution in [0.15, 0.2) is 122 Å². The predicted molar refractivity (Wildman–Crippen MR) is 213 cm³/mol. The summed E-state index contributed by atoms with van der Waals surface area (Å²) in [5.74, 6) is 1.29. The SMILES string of the molecule is CC(C)c1ccnc(-n2c3[c-]c(-n4c5[c-]c6c(cc5c5ccccc54)C(C)(C)C(C)(C)c4c(-c5ccccc5)cnn4-6)ccc3c3ccccc32)c1.[Pt+2]. The van der Waals surface area contributed by atoms with E-state index >= 15 is 0 Å². The summed E-state index contributed by atoms with van der Waals surface area (Å²) in [5, 5.41) is 9.80. The Balaban J connectivity index is 0.00000372. The molecule has 0 spiro atoms. The van der Waals surface area contributed by atoms with Gasteiger partial charge in [0.05, 0.1) is 11.9 Å². The molecule has 5 aromatic carbocycles. The van der Waals surface area contributed by atoms with E-state index < -0.39 is 0 Å². The second-order valence-electron chi connectivity index (χ2n) is 15.6. The molecule has 0 amide bonds. The Morgan fingerprint density at radius 3 is 2.04 bits per heavy atom. The van der Waals surface area contributed by atoms with Gasteiger partial charge in [-0.2, -0.15) is 17.2 Å². The smallest absolute Gasteiger partial charge is 0.358 e. The molecular formula is C47H39N5Pt. The first-order chi connectivity index (χ1) is 25.1. The van der Waals surface area contributed by atoms with Gasteiger partial charge in [-0.1, -0.05) is 125 Å². The average molecular weight is 869 g/mol. The molecule has 10 rings (SSSR count). The van der Waals surface area contributed by atoms with Gasteiger partial charge in [-0.05, 0) is 63.2 Å². The minimum Gasteiger partial charge on any atom is -0.358 e. The quantitative estimate of drug-likeness (QED) is 0.165. The second-order valence-corrected chi connectivity index (χ2v) is 15.6. The van der Waals surface area contributed by atoms with Crippen molar-refractivity contribution in [1.82, 2.24) is 23.9 Å². The number of para-hydroxylation sites is 2. The van der Waals surface area contributed by atoms with Crippen molar-refractivity contribution in [2.75, 3.05) is 0 Å². The third kappa shape index (κ3) is 4.66. The van der Waals surface area contributed by atoms with Crippen LogP contribution in [0.2, 0.25) is 0 Å². The van der Waals surface area contributed by atoms with E-state index in [9.17, 15) is 0 Å². The topological polar surface area (TPSA) is 40.6 Å². The first kappa shape index (κ1) is 33.6. The molecule has 1 aliphatic heterocycles. The van der Waals surface area contributed by atoms with E-state index in [0.717, 1.165) is 44.6 Å². The Labute approximate surface area is 324 Å². The molecule has 0 radical (unpaired) electrons. The molecule has 0 saturated heterocycles. The average Bonchev–Trinajstić information content (AvgIpc) is 3.85. The van der Waals surface area contributed by atoms with Crippen molar-refractivity contribution in [1.29, 1.82) is 0 Å². The van der Waals surface area contributed by atoms with E-state index in [1.165, 1.54) is 44.1 Å². The molecule has 0 saturated carbocycles. The number of nitrogens with zero attached hydrogens (tertiary/aromatic N) is 5. The zero-order valence-corrected chi connectivity index (χ0v) is 32.9. The van der Waals surface area contributed by atoms with Gasteiger partial charge in [0, 0.05) is 28.2 Å². The molecule has 9 aromatic rings. The van der Waals surface area contributed by atoms with Gasteiger partial charge in [0.2, 0.25) is 0 Å². The van der Waals surface area contributed by atoms with Crippen LogP contribution in [0.1, 0.15) is 64.3 Å². The summed E-state index contributed by atoms with van der Waals surface area (Å²) in [5.41, 5.74) is 11.9. The van der Waals surface area contributed by atoms with Gasteiger partial charge in [-0.15, -0.1) is 34.5 Å². The first-order valence-electron chi connectivity index (χ1n) is 18.2. The molecule has 5 nitrogen and oxygen atoms in total. The van der Waals surface area contributed by atoms with Crippen LogP contribution in [-0.2, 0) is 31.9 Å². The molecule has 53 heavy (non-hydrogen) atoms. The minimum absolute atomic E-state index is 0. The van der Waals surface area contributed by atoms with E-state index in [1.54, 1.807) is 0 Å². The van der Waals surface area contributed by atoms with E-state index in [4.69, 9.17) is 10.1 Å². The standard InChI is InChI=1S/C47H39N5.Pt/c1-29(2)31-22-23-48-44(24-31)51-40-19-13-10-16-33(40)35-21-20-32(25-41(35)51)50-39-18-12-11-17-34(39)36-26-38-43(27-42(36)50)52-45(47(5,6)46(38,3)4)37(28-49-52)30-14-8-7-9-15-30;/h7-24,26,28-29H,1-6H3;/q-2;+2. The molecular weight excluding hydrogens is 830 g/mol. The normalized spacial score (nSPS) is 14.5. The molecule has 5 heterocycles. The van der Waals surface area contributed by atoms with Gasteiger partial charge in [0.15, 0.2) is 0 Å². The molecule has 0 unspecified atom stereocenters. The van der Waals surface area contributed by atoms with Crippen LogP contribution >= 0.6 is 0 Å². The van der Waals surface area contributed by atoms with Crippen LogP contribution in [-0.4, -0.2) is 23.9 Å². The summed E-state index contributed by atoms with van der Waals surface area (Å²) in [6.45, 7) is 13.9. The summed E-state index contributed by atoms with van der Waals surface area (Å²) in [6.07, 6.45) is 3.96. The molecule has 0 bridgehead atoms. The number of benzene rings is 5. The number of hydrogen-bond donors (Lipinski definition) is 0. The van der Waals surface area contributed by atoms with Gasteiger partial charge in [-0.3, -0.25) is 4.68 Å². The maximum atomic E-state index is 5.09. The largest absolute Gasteiger partial charge is 2.00 e. The summed E-state index contributed by atoms with van der Waals surface area (Å²) >= 11 is 0. The number of pyridine rings is 1. The Hall–Kier alpha value is -5.25. The van der Waals surface area contributed by atoms with Crippen LogP contribution in [0.4, 0.5) is 0 Å². The molecule has 0 atom stereocenters. The molecule has 6 heteroatoms. The van der Waals surface area contributed by atoms with Gasteiger partial charge in [-0.25, -0.2) is 4.98 Å². The monoisotopic (exact) mass is 868 g/mol. The Bertz CT molecular complexity index is 2890. The number of aromatic nitrogens is 5. The third-order valence-electron chi connectivity index (χ3n) is 12.1. The van der Waals surface area contributed by atoms with E-state index in [0.29, 0.717) is 5.92 Å². The Kier molecular flexibility index (Phi) is 7.53. The number of hydrogen-bond acceptors (Lipinski definition) is 2. The van der Waals surface area contributed by atoms with E-state index in [1.807, 2.05) is 12.4 Å². The van der Waals surface area contributed by atoms with Gasteiger partial charge < -0.3 is 9.13 Å². The third-order valence-corrected chi connectivity index (χ3v) is 12.1. The number of fused-ring (bicyclic) bond motifs is 9. The summed E-state index contributed by atoms with van der Waals surface area (Å²) in [6, 6.07) is 47.0. The molecule has 0 fully saturated rings. The Morgan fingerprint density at radius 2 is 1.30 bits per heavy atom. The minimum atomic E-state index is -0.214. The zero-order chi connectivity index (χ0) is 35.5. The van der Waals surface area contributed by atoms with Crippen LogP contribution in [0, 0.1) is 12.1 Å². The Morgan fingerprint density at radius 1 is 0.642 bits per heavy atom. The van der Waals surface area contributed by atoms with Crippen molar-refractivity contribution in [3.8, 4) is 28.3 Å². The van der Waals surface area contributed by atoms with Gasteiger partial charge in [0.1, 0.15) is 5.82 Å². The first-order valence-corrected chi connectivity index (χ1v) is 18.2. The maximum Gasteiger partial charge on any atom is 2.00 e. The van der Waals surface area contributed by atoms with Crippen LogP contribution in [0.3, 0.4) is 0 Å². The number of rotatable bonds is 4. The fourth-order valence-corrected chi connectivity index (χ4v) is 8.57.